The molecule has 6 heteroatoms. The molecular weight excluding hydrogens is 277 g/mol. The zero-order valence-electron chi connectivity index (χ0n) is 10.2. The number of benzene rings is 2. The van der Waals surface area contributed by atoms with Crippen LogP contribution in [0.25, 0.3) is 17.1 Å². The van der Waals surface area contributed by atoms with E-state index in [0.717, 1.165) is 0 Å². The second-order valence-corrected chi connectivity index (χ2v) is 4.60. The highest BCUT2D eigenvalue weighted by atomic mass is 32.1. The van der Waals surface area contributed by atoms with Crippen LogP contribution in [0.1, 0.15) is 0 Å². The van der Waals surface area contributed by atoms with Gasteiger partial charge in [-0.05, 0) is 48.6 Å². The Kier molecular flexibility index (Phi) is 3.08. The van der Waals surface area contributed by atoms with Crippen molar-refractivity contribution in [3.05, 3.63) is 59.1 Å². The van der Waals surface area contributed by atoms with E-state index in [0.29, 0.717) is 21.8 Å². The van der Waals surface area contributed by atoms with Crippen molar-refractivity contribution in [2.75, 3.05) is 0 Å². The molecule has 0 saturated heterocycles. The molecule has 4 nitrogen and oxygen atoms in total. The summed E-state index contributed by atoms with van der Waals surface area (Å²) < 4.78 is 15.1. The zero-order valence-corrected chi connectivity index (χ0v) is 11.1. The number of aromatic amines is 1. The number of phenolic OH excluding ortho intramolecular Hbond substituents is 1. The molecule has 0 aliphatic heterocycles. The molecule has 0 saturated carbocycles. The van der Waals surface area contributed by atoms with Crippen LogP contribution >= 0.6 is 12.2 Å². The average molecular weight is 287 g/mol. The van der Waals surface area contributed by atoms with E-state index >= 15 is 0 Å². The quantitative estimate of drug-likeness (QED) is 0.710. The van der Waals surface area contributed by atoms with Gasteiger partial charge in [0.05, 0.1) is 5.69 Å². The van der Waals surface area contributed by atoms with Crippen molar-refractivity contribution in [3.63, 3.8) is 0 Å². The fraction of sp³-hybridized carbons (Fsp3) is 0. The summed E-state index contributed by atoms with van der Waals surface area (Å²) in [5, 5.41) is 16.4. The predicted octanol–water partition coefficient (Wildman–Crippen LogP) is 3.44. The van der Waals surface area contributed by atoms with Gasteiger partial charge in [0.15, 0.2) is 10.6 Å². The normalized spacial score (nSPS) is 10.7. The van der Waals surface area contributed by atoms with Crippen molar-refractivity contribution in [2.45, 2.75) is 0 Å². The molecule has 0 radical (unpaired) electrons. The number of H-pyrrole nitrogens is 1. The summed E-state index contributed by atoms with van der Waals surface area (Å²) in [5.74, 6) is 0.377. The maximum Gasteiger partial charge on any atom is 0.200 e. The molecule has 1 heterocycles. The molecule has 0 aliphatic carbocycles. The van der Waals surface area contributed by atoms with Gasteiger partial charge in [-0.25, -0.2) is 4.39 Å². The summed E-state index contributed by atoms with van der Waals surface area (Å²) in [4.78, 5) is 0. The maximum atomic E-state index is 13.0. The van der Waals surface area contributed by atoms with E-state index in [1.165, 1.54) is 12.1 Å². The fourth-order valence-corrected chi connectivity index (χ4v) is 2.20. The van der Waals surface area contributed by atoms with E-state index in [9.17, 15) is 9.50 Å². The first-order valence-corrected chi connectivity index (χ1v) is 6.29. The summed E-state index contributed by atoms with van der Waals surface area (Å²) in [6.07, 6.45) is 0. The van der Waals surface area contributed by atoms with E-state index in [1.54, 1.807) is 34.9 Å². The number of aromatic hydroxyl groups is 1. The van der Waals surface area contributed by atoms with Crippen molar-refractivity contribution >= 4 is 12.2 Å². The van der Waals surface area contributed by atoms with Crippen LogP contribution < -0.4 is 0 Å². The van der Waals surface area contributed by atoms with E-state index in [2.05, 4.69) is 10.2 Å². The third kappa shape index (κ3) is 2.21. The van der Waals surface area contributed by atoms with Gasteiger partial charge >= 0.3 is 0 Å². The second kappa shape index (κ2) is 4.90. The summed E-state index contributed by atoms with van der Waals surface area (Å²) in [6, 6.07) is 12.6. The van der Waals surface area contributed by atoms with Crippen LogP contribution in [-0.4, -0.2) is 19.9 Å². The van der Waals surface area contributed by atoms with Crippen LogP contribution in [-0.2, 0) is 0 Å². The lowest BCUT2D eigenvalue weighted by Gasteiger charge is -2.07. The molecule has 0 atom stereocenters. The minimum absolute atomic E-state index is 0.141. The van der Waals surface area contributed by atoms with Crippen molar-refractivity contribution in [1.29, 1.82) is 0 Å². The monoisotopic (exact) mass is 287 g/mol. The molecular formula is C14H10FN3OS. The number of phenols is 1. The Bertz CT molecular complexity index is 808. The molecule has 0 aliphatic rings. The molecule has 0 amide bonds. The Balaban J connectivity index is 2.20. The van der Waals surface area contributed by atoms with Gasteiger partial charge in [0.1, 0.15) is 11.6 Å². The molecule has 1 aromatic heterocycles. The number of aromatic nitrogens is 3. The maximum absolute atomic E-state index is 13.0. The lowest BCUT2D eigenvalue weighted by atomic mass is 10.2. The van der Waals surface area contributed by atoms with Gasteiger partial charge in [-0.15, -0.1) is 0 Å². The molecule has 3 aromatic rings. The van der Waals surface area contributed by atoms with Gasteiger partial charge in [0.25, 0.3) is 0 Å². The highest BCUT2D eigenvalue weighted by Crippen LogP contribution is 2.24. The van der Waals surface area contributed by atoms with E-state index in [4.69, 9.17) is 12.2 Å². The Morgan fingerprint density at radius 3 is 2.60 bits per heavy atom. The molecule has 0 bridgehead atoms. The van der Waals surface area contributed by atoms with Crippen LogP contribution in [0.4, 0.5) is 4.39 Å². The lowest BCUT2D eigenvalue weighted by molar-refractivity contribution is 0.475. The van der Waals surface area contributed by atoms with E-state index in [1.807, 2.05) is 6.07 Å². The van der Waals surface area contributed by atoms with Crippen molar-refractivity contribution in [2.24, 2.45) is 0 Å². The van der Waals surface area contributed by atoms with Crippen molar-refractivity contribution in [3.8, 4) is 22.8 Å². The van der Waals surface area contributed by atoms with Gasteiger partial charge in [-0.1, -0.05) is 12.1 Å². The third-order valence-electron chi connectivity index (χ3n) is 2.86. The number of nitrogens with zero attached hydrogens (tertiary/aromatic N) is 2. The average Bonchev–Trinajstić information content (AvgIpc) is 2.82. The van der Waals surface area contributed by atoms with Gasteiger partial charge in [-0.3, -0.25) is 9.67 Å². The highest BCUT2D eigenvalue weighted by molar-refractivity contribution is 7.71. The molecule has 0 spiro atoms. The van der Waals surface area contributed by atoms with Gasteiger partial charge < -0.3 is 5.11 Å². The minimum Gasteiger partial charge on any atom is -0.508 e. The molecule has 20 heavy (non-hydrogen) atoms. The first-order valence-electron chi connectivity index (χ1n) is 5.88. The van der Waals surface area contributed by atoms with Gasteiger partial charge in [-0.2, -0.15) is 5.10 Å². The van der Waals surface area contributed by atoms with Crippen LogP contribution in [0.3, 0.4) is 0 Å². The molecule has 0 unspecified atom stereocenters. The first kappa shape index (κ1) is 12.6. The third-order valence-corrected chi connectivity index (χ3v) is 3.14. The van der Waals surface area contributed by atoms with Crippen molar-refractivity contribution in [1.82, 2.24) is 14.8 Å². The van der Waals surface area contributed by atoms with Gasteiger partial charge in [0, 0.05) is 5.56 Å². The van der Waals surface area contributed by atoms with Crippen molar-refractivity contribution < 1.29 is 9.50 Å². The minimum atomic E-state index is -0.317. The van der Waals surface area contributed by atoms with Crippen LogP contribution in [0, 0.1) is 10.6 Å². The Morgan fingerprint density at radius 1 is 1.15 bits per heavy atom. The molecule has 2 aromatic carbocycles. The predicted molar refractivity (Wildman–Crippen MR) is 75.8 cm³/mol. The summed E-state index contributed by atoms with van der Waals surface area (Å²) >= 11 is 5.21. The Labute approximate surface area is 119 Å². The van der Waals surface area contributed by atoms with Crippen LogP contribution in [0.5, 0.6) is 5.75 Å². The Hall–Kier alpha value is -2.47. The summed E-state index contributed by atoms with van der Waals surface area (Å²) in [7, 11) is 0. The Morgan fingerprint density at radius 2 is 1.90 bits per heavy atom. The number of nitrogens with one attached hydrogen (secondary N) is 1. The number of hydrogen-bond acceptors (Lipinski definition) is 3. The molecule has 0 fully saturated rings. The highest BCUT2D eigenvalue weighted by Gasteiger charge is 2.11. The SMILES string of the molecule is Oc1cccc(-c2n[nH]c(=S)n2-c2ccc(F)cc2)c1. The second-order valence-electron chi connectivity index (χ2n) is 4.21. The number of hydrogen-bond donors (Lipinski definition) is 2. The standard InChI is InChI=1S/C14H10FN3OS/c15-10-4-6-11(7-5-10)18-13(16-17-14(18)20)9-2-1-3-12(19)8-9/h1-8,19H,(H,17,20). The first-order chi connectivity index (χ1) is 9.65. The lowest BCUT2D eigenvalue weighted by Crippen LogP contribution is -1.97. The summed E-state index contributed by atoms with van der Waals surface area (Å²) in [5.41, 5.74) is 1.41. The number of halogens is 1. The van der Waals surface area contributed by atoms with Crippen LogP contribution in [0.2, 0.25) is 0 Å². The fourth-order valence-electron chi connectivity index (χ4n) is 1.97. The van der Waals surface area contributed by atoms with Crippen LogP contribution in [0.15, 0.2) is 48.5 Å². The summed E-state index contributed by atoms with van der Waals surface area (Å²) in [6.45, 7) is 0. The smallest absolute Gasteiger partial charge is 0.200 e. The van der Waals surface area contributed by atoms with Gasteiger partial charge in [0.2, 0.25) is 0 Å². The topological polar surface area (TPSA) is 53.8 Å². The van der Waals surface area contributed by atoms with E-state index < -0.39 is 0 Å². The van der Waals surface area contributed by atoms with E-state index in [-0.39, 0.29) is 11.6 Å². The molecule has 3 rings (SSSR count). The number of rotatable bonds is 2. The largest absolute Gasteiger partial charge is 0.508 e. The zero-order chi connectivity index (χ0) is 14.1. The molecule has 2 N–H and O–H groups in total. The molecule has 100 valence electrons.